The molecule has 0 fully saturated rings. The summed E-state index contributed by atoms with van der Waals surface area (Å²) in [6, 6.07) is 9.16. The van der Waals surface area contributed by atoms with Crippen molar-refractivity contribution in [2.24, 2.45) is 5.41 Å². The van der Waals surface area contributed by atoms with Gasteiger partial charge in [-0.25, -0.2) is 0 Å². The first-order chi connectivity index (χ1) is 11.1. The predicted octanol–water partition coefficient (Wildman–Crippen LogP) is 2.87. The Morgan fingerprint density at radius 2 is 1.62 bits per heavy atom. The fraction of sp³-hybridized carbons (Fsp3) is 0.500. The Morgan fingerprint density at radius 3 is 2.08 bits per heavy atom. The molecule has 6 heteroatoms. The van der Waals surface area contributed by atoms with Gasteiger partial charge >= 0.3 is 11.9 Å². The third kappa shape index (κ3) is 7.95. The number of carbonyl (C=O) groups excluding carboxylic acids is 3. The second-order valence-electron chi connectivity index (χ2n) is 5.70. The van der Waals surface area contributed by atoms with E-state index in [2.05, 4.69) is 0 Å². The highest BCUT2D eigenvalue weighted by Gasteiger charge is 2.38. The van der Waals surface area contributed by atoms with Crippen molar-refractivity contribution in [2.45, 2.75) is 53.6 Å². The van der Waals surface area contributed by atoms with Crippen LogP contribution in [0.15, 0.2) is 30.3 Å². The molecule has 0 heterocycles. The number of esters is 2. The van der Waals surface area contributed by atoms with Crippen molar-refractivity contribution in [2.75, 3.05) is 0 Å². The van der Waals surface area contributed by atoms with Crippen molar-refractivity contribution in [3.63, 3.8) is 0 Å². The molecule has 130 valence electrons. The molecule has 0 N–H and O–H groups in total. The van der Waals surface area contributed by atoms with Crippen LogP contribution in [0.4, 0.5) is 0 Å². The highest BCUT2D eigenvalue weighted by Crippen LogP contribution is 2.22. The number of Topliss-reactive ketones (excluding diaryl/α,β-unsaturated/α-hetero) is 1. The molecule has 24 heavy (non-hydrogen) atoms. The summed E-state index contributed by atoms with van der Waals surface area (Å²) in [7, 11) is 4.85. The predicted molar refractivity (Wildman–Crippen MR) is 92.5 cm³/mol. The fourth-order valence-electron chi connectivity index (χ4n) is 1.67. The van der Waals surface area contributed by atoms with Crippen molar-refractivity contribution >= 4 is 25.6 Å². The number of ether oxygens (including phenoxy) is 2. The second-order valence-corrected chi connectivity index (χ2v) is 5.70. The van der Waals surface area contributed by atoms with Gasteiger partial charge in [-0.2, -0.15) is 0 Å². The number of rotatable bonds is 6. The van der Waals surface area contributed by atoms with E-state index >= 15 is 0 Å². The molecule has 0 spiro atoms. The molecule has 0 aliphatic carbocycles. The van der Waals surface area contributed by atoms with Crippen LogP contribution in [0.3, 0.4) is 0 Å². The molecule has 1 unspecified atom stereocenters. The van der Waals surface area contributed by atoms with Crippen molar-refractivity contribution in [3.8, 4) is 0 Å². The van der Waals surface area contributed by atoms with Crippen molar-refractivity contribution < 1.29 is 23.9 Å². The first kappa shape index (κ1) is 21.9. The first-order valence-electron chi connectivity index (χ1n) is 7.80. The van der Waals surface area contributed by atoms with Gasteiger partial charge in [0.2, 0.25) is 6.29 Å². The topological polar surface area (TPSA) is 69.7 Å². The van der Waals surface area contributed by atoms with Crippen LogP contribution in [-0.2, 0) is 30.3 Å². The van der Waals surface area contributed by atoms with Crippen LogP contribution in [0.5, 0.6) is 0 Å². The normalized spacial score (nSPS) is 11.5. The molecule has 0 saturated heterocycles. The summed E-state index contributed by atoms with van der Waals surface area (Å²) in [6.07, 6.45) is -0.121. The van der Waals surface area contributed by atoms with E-state index in [-0.39, 0.29) is 12.2 Å². The minimum Gasteiger partial charge on any atom is -0.426 e. The Bertz CT molecular complexity index is 540. The van der Waals surface area contributed by atoms with Gasteiger partial charge in [-0.05, 0) is 19.4 Å². The summed E-state index contributed by atoms with van der Waals surface area (Å²) < 4.78 is 9.70. The molecule has 0 aliphatic heterocycles. The lowest BCUT2D eigenvalue weighted by Crippen LogP contribution is -2.38. The smallest absolute Gasteiger partial charge is 0.322 e. The van der Waals surface area contributed by atoms with Gasteiger partial charge in [0, 0.05) is 20.3 Å². The number of ketones is 1. The zero-order chi connectivity index (χ0) is 18.8. The van der Waals surface area contributed by atoms with Gasteiger partial charge in [0.15, 0.2) is 5.78 Å². The maximum absolute atomic E-state index is 12.3. The SMILES string of the molecule is CC(=O)OC(C)OC(=O)C(C)(C)C(=O)Cc1ccccc1.[B]CC. The minimum absolute atomic E-state index is 0.144. The van der Waals surface area contributed by atoms with E-state index in [4.69, 9.17) is 17.3 Å². The number of hydrogen-bond donors (Lipinski definition) is 0. The first-order valence-corrected chi connectivity index (χ1v) is 7.80. The van der Waals surface area contributed by atoms with Gasteiger partial charge in [-0.3, -0.25) is 14.4 Å². The average molecular weight is 332 g/mol. The molecule has 1 rings (SSSR count). The van der Waals surface area contributed by atoms with Gasteiger partial charge in [0.05, 0.1) is 7.85 Å². The Labute approximate surface area is 145 Å². The fourth-order valence-corrected chi connectivity index (χ4v) is 1.67. The molecule has 0 aliphatic rings. The molecule has 0 amide bonds. The van der Waals surface area contributed by atoms with Gasteiger partial charge in [-0.15, -0.1) is 0 Å². The molecular weight excluding hydrogens is 307 g/mol. The summed E-state index contributed by atoms with van der Waals surface area (Å²) in [5.41, 5.74) is -0.471. The van der Waals surface area contributed by atoms with Gasteiger partial charge in [0.1, 0.15) is 5.41 Å². The quantitative estimate of drug-likeness (QED) is 0.347. The van der Waals surface area contributed by atoms with Crippen LogP contribution in [0.25, 0.3) is 0 Å². The van der Waals surface area contributed by atoms with Crippen molar-refractivity contribution in [1.82, 2.24) is 0 Å². The van der Waals surface area contributed by atoms with Crippen LogP contribution < -0.4 is 0 Å². The Kier molecular flexibility index (Phi) is 9.70. The third-order valence-electron chi connectivity index (χ3n) is 3.02. The number of benzene rings is 1. The summed E-state index contributed by atoms with van der Waals surface area (Å²) in [5.74, 6) is -1.52. The minimum atomic E-state index is -1.30. The standard InChI is InChI=1S/C16H20O5.C2H5B/c1-11(17)20-12(2)21-15(19)16(3,4)14(18)10-13-8-6-5-7-9-13;1-2-3/h5-9,12H,10H2,1-4H3;2H2,1H3. The maximum atomic E-state index is 12.3. The number of carbonyl (C=O) groups is 3. The Balaban J connectivity index is 0.00000163. The van der Waals surface area contributed by atoms with Crippen LogP contribution in [0.1, 0.15) is 40.2 Å². The van der Waals surface area contributed by atoms with E-state index in [1.54, 1.807) is 0 Å². The van der Waals surface area contributed by atoms with E-state index in [1.165, 1.54) is 27.7 Å². The third-order valence-corrected chi connectivity index (χ3v) is 3.02. The highest BCUT2D eigenvalue weighted by molar-refractivity contribution is 6.08. The zero-order valence-electron chi connectivity index (χ0n) is 15.0. The van der Waals surface area contributed by atoms with E-state index < -0.39 is 23.6 Å². The average Bonchev–Trinajstić information content (AvgIpc) is 2.47. The van der Waals surface area contributed by atoms with Crippen molar-refractivity contribution in [1.29, 1.82) is 0 Å². The van der Waals surface area contributed by atoms with E-state index in [0.29, 0.717) is 0 Å². The van der Waals surface area contributed by atoms with E-state index in [0.717, 1.165) is 11.9 Å². The van der Waals surface area contributed by atoms with Crippen LogP contribution >= 0.6 is 0 Å². The molecule has 0 bridgehead atoms. The Morgan fingerprint density at radius 1 is 1.12 bits per heavy atom. The van der Waals surface area contributed by atoms with Gasteiger partial charge in [0.25, 0.3) is 0 Å². The van der Waals surface area contributed by atoms with Gasteiger partial charge in [-0.1, -0.05) is 43.6 Å². The summed E-state index contributed by atoms with van der Waals surface area (Å²) in [5, 5.41) is 0. The lowest BCUT2D eigenvalue weighted by molar-refractivity contribution is -0.189. The lowest BCUT2D eigenvalue weighted by atomic mass is 9.85. The second kappa shape index (κ2) is 10.6. The highest BCUT2D eigenvalue weighted by atomic mass is 16.7. The molecule has 1 aromatic rings. The van der Waals surface area contributed by atoms with Crippen molar-refractivity contribution in [3.05, 3.63) is 35.9 Å². The van der Waals surface area contributed by atoms with Gasteiger partial charge < -0.3 is 9.47 Å². The lowest BCUT2D eigenvalue weighted by Gasteiger charge is -2.23. The summed E-state index contributed by atoms with van der Waals surface area (Å²) in [6.45, 7) is 7.55. The zero-order valence-corrected chi connectivity index (χ0v) is 15.0. The molecule has 0 aromatic heterocycles. The van der Waals surface area contributed by atoms with E-state index in [1.807, 2.05) is 37.3 Å². The molecule has 5 nitrogen and oxygen atoms in total. The largest absolute Gasteiger partial charge is 0.426 e. The number of hydrogen-bond acceptors (Lipinski definition) is 5. The van der Waals surface area contributed by atoms with E-state index in [9.17, 15) is 14.4 Å². The molecule has 2 radical (unpaired) electrons. The monoisotopic (exact) mass is 332 g/mol. The molecule has 1 aromatic carbocycles. The van der Waals surface area contributed by atoms with Crippen LogP contribution in [0.2, 0.25) is 6.32 Å². The molecule has 0 saturated carbocycles. The molecule has 1 atom stereocenters. The van der Waals surface area contributed by atoms with Crippen LogP contribution in [-0.4, -0.2) is 31.9 Å². The molecular formula is C18H25BO5. The summed E-state index contributed by atoms with van der Waals surface area (Å²) in [4.78, 5) is 35.1. The maximum Gasteiger partial charge on any atom is 0.322 e. The summed E-state index contributed by atoms with van der Waals surface area (Å²) >= 11 is 0. The Hall–Kier alpha value is -2.11. The van der Waals surface area contributed by atoms with Crippen LogP contribution in [0, 0.1) is 5.41 Å².